The van der Waals surface area contributed by atoms with Crippen molar-refractivity contribution in [2.45, 2.75) is 19.9 Å². The molecule has 0 radical (unpaired) electrons. The van der Waals surface area contributed by atoms with Gasteiger partial charge in [-0.3, -0.25) is 4.79 Å². The number of ether oxygens (including phenoxy) is 1. The van der Waals surface area contributed by atoms with Crippen molar-refractivity contribution in [3.8, 4) is 11.5 Å². The number of anilines is 2. The molecule has 2 aromatic carbocycles. The highest BCUT2D eigenvalue weighted by Gasteiger charge is 2.30. The Hall–Kier alpha value is -2.73. The lowest BCUT2D eigenvalue weighted by Crippen LogP contribution is -3.19. The minimum atomic E-state index is -0.161. The van der Waals surface area contributed by atoms with E-state index in [1.54, 1.807) is 6.07 Å². The van der Waals surface area contributed by atoms with E-state index < -0.39 is 0 Å². The van der Waals surface area contributed by atoms with Crippen molar-refractivity contribution in [2.75, 3.05) is 43.0 Å². The van der Waals surface area contributed by atoms with E-state index in [4.69, 9.17) is 4.74 Å². The first kappa shape index (κ1) is 19.0. The van der Waals surface area contributed by atoms with Crippen LogP contribution in [-0.2, 0) is 4.79 Å². The number of carbonyl (C=O) groups is 1. The summed E-state index contributed by atoms with van der Waals surface area (Å²) in [6.45, 7) is 7.74. The molecule has 6 nitrogen and oxygen atoms in total. The lowest BCUT2D eigenvalue weighted by Gasteiger charge is -2.36. The number of phenols is 1. The Bertz CT molecular complexity index is 773. The first-order valence-corrected chi connectivity index (χ1v) is 9.50. The van der Waals surface area contributed by atoms with Gasteiger partial charge in [0.05, 0.1) is 44.2 Å². The molecule has 0 saturated carbocycles. The van der Waals surface area contributed by atoms with Gasteiger partial charge in [-0.1, -0.05) is 24.3 Å². The Morgan fingerprint density at radius 3 is 2.56 bits per heavy atom. The monoisotopic (exact) mass is 370 g/mol. The van der Waals surface area contributed by atoms with E-state index >= 15 is 0 Å². The topological polar surface area (TPSA) is 66.2 Å². The number of amides is 1. The van der Waals surface area contributed by atoms with Crippen molar-refractivity contribution in [3.63, 3.8) is 0 Å². The highest BCUT2D eigenvalue weighted by Crippen LogP contribution is 2.26. The zero-order valence-corrected chi connectivity index (χ0v) is 15.9. The second-order valence-electron chi connectivity index (χ2n) is 6.77. The van der Waals surface area contributed by atoms with Gasteiger partial charge < -0.3 is 25.0 Å². The van der Waals surface area contributed by atoms with Gasteiger partial charge >= 0.3 is 0 Å². The molecule has 0 aromatic heterocycles. The Balaban J connectivity index is 1.58. The van der Waals surface area contributed by atoms with Gasteiger partial charge in [0.25, 0.3) is 5.91 Å². The normalized spacial score (nSPS) is 16.0. The minimum absolute atomic E-state index is 0.00633. The van der Waals surface area contributed by atoms with Crippen molar-refractivity contribution in [3.05, 3.63) is 48.5 Å². The summed E-state index contributed by atoms with van der Waals surface area (Å²) in [5.41, 5.74) is 1.57. The molecule has 0 bridgehead atoms. The van der Waals surface area contributed by atoms with Gasteiger partial charge in [-0.15, -0.1) is 0 Å². The van der Waals surface area contributed by atoms with E-state index in [1.165, 1.54) is 4.90 Å². The summed E-state index contributed by atoms with van der Waals surface area (Å²) >= 11 is 0. The third kappa shape index (κ3) is 4.52. The number of benzene rings is 2. The molecule has 1 saturated heterocycles. The summed E-state index contributed by atoms with van der Waals surface area (Å²) in [5, 5.41) is 13.0. The van der Waals surface area contributed by atoms with Crippen LogP contribution in [0.15, 0.2) is 48.5 Å². The van der Waals surface area contributed by atoms with Crippen LogP contribution >= 0.6 is 0 Å². The predicted molar refractivity (Wildman–Crippen MR) is 107 cm³/mol. The Morgan fingerprint density at radius 1 is 1.19 bits per heavy atom. The molecule has 1 atom stereocenters. The van der Waals surface area contributed by atoms with Crippen LogP contribution in [0.25, 0.3) is 0 Å². The first-order valence-electron chi connectivity index (χ1n) is 9.50. The van der Waals surface area contributed by atoms with Gasteiger partial charge in [0.1, 0.15) is 11.5 Å². The third-order valence-corrected chi connectivity index (χ3v) is 5.08. The van der Waals surface area contributed by atoms with Crippen molar-refractivity contribution >= 4 is 17.3 Å². The average Bonchev–Trinajstić information content (AvgIpc) is 2.69. The quantitative estimate of drug-likeness (QED) is 0.721. The molecule has 1 heterocycles. The number of phenolic OH excluding ortho intramolecular Hbond substituents is 1. The molecule has 1 amide bonds. The Labute approximate surface area is 160 Å². The zero-order chi connectivity index (χ0) is 19.2. The van der Waals surface area contributed by atoms with Crippen molar-refractivity contribution in [1.82, 2.24) is 0 Å². The zero-order valence-electron chi connectivity index (χ0n) is 15.9. The summed E-state index contributed by atoms with van der Waals surface area (Å²) in [4.78, 5) is 16.2. The van der Waals surface area contributed by atoms with Crippen LogP contribution in [0.5, 0.6) is 11.5 Å². The van der Waals surface area contributed by atoms with Crippen LogP contribution in [0.2, 0.25) is 0 Å². The highest BCUT2D eigenvalue weighted by atomic mass is 16.5. The molecule has 0 unspecified atom stereocenters. The third-order valence-electron chi connectivity index (χ3n) is 5.08. The molecule has 144 valence electrons. The second kappa shape index (κ2) is 8.77. The number of aromatic hydroxyl groups is 1. The van der Waals surface area contributed by atoms with E-state index in [2.05, 4.69) is 10.2 Å². The van der Waals surface area contributed by atoms with Crippen LogP contribution in [-0.4, -0.2) is 49.8 Å². The number of hydrogen-bond donors (Lipinski definition) is 3. The highest BCUT2D eigenvalue weighted by molar-refractivity contribution is 5.94. The lowest BCUT2D eigenvalue weighted by atomic mass is 10.2. The van der Waals surface area contributed by atoms with Gasteiger partial charge in [0.15, 0.2) is 6.04 Å². The van der Waals surface area contributed by atoms with Crippen molar-refractivity contribution < 1.29 is 19.5 Å². The van der Waals surface area contributed by atoms with E-state index in [1.807, 2.05) is 56.3 Å². The van der Waals surface area contributed by atoms with Crippen molar-refractivity contribution in [2.24, 2.45) is 0 Å². The number of carbonyl (C=O) groups excluding carboxylic acids is 1. The Morgan fingerprint density at radius 2 is 1.85 bits per heavy atom. The Kier molecular flexibility index (Phi) is 6.19. The van der Waals surface area contributed by atoms with E-state index in [-0.39, 0.29) is 11.9 Å². The summed E-state index contributed by atoms with van der Waals surface area (Å²) < 4.78 is 5.59. The van der Waals surface area contributed by atoms with E-state index in [0.29, 0.717) is 23.8 Å². The molecule has 0 spiro atoms. The average molecular weight is 370 g/mol. The fraction of sp³-hybridized carbons (Fsp3) is 0.381. The smallest absolute Gasteiger partial charge is 0.282 e. The van der Waals surface area contributed by atoms with Crippen LogP contribution in [0.3, 0.4) is 0 Å². The molecule has 6 heteroatoms. The van der Waals surface area contributed by atoms with Gasteiger partial charge in [-0.05, 0) is 38.1 Å². The van der Waals surface area contributed by atoms with Crippen LogP contribution in [0, 0.1) is 0 Å². The maximum absolute atomic E-state index is 12.7. The fourth-order valence-electron chi connectivity index (χ4n) is 3.48. The van der Waals surface area contributed by atoms with E-state index in [9.17, 15) is 9.90 Å². The number of hydrogen-bond acceptors (Lipinski definition) is 4. The summed E-state index contributed by atoms with van der Waals surface area (Å²) in [5.74, 6) is 0.993. The predicted octanol–water partition coefficient (Wildman–Crippen LogP) is 1.52. The number of rotatable bonds is 6. The fourth-order valence-corrected chi connectivity index (χ4v) is 3.48. The number of quaternary nitrogens is 1. The van der Waals surface area contributed by atoms with Gasteiger partial charge in [-0.25, -0.2) is 0 Å². The molecule has 3 rings (SSSR count). The van der Waals surface area contributed by atoms with Gasteiger partial charge in [0.2, 0.25) is 0 Å². The largest absolute Gasteiger partial charge is 0.506 e. The number of nitrogens with one attached hydrogen (secondary N) is 2. The molecule has 1 aliphatic rings. The van der Waals surface area contributed by atoms with Crippen LogP contribution < -0.4 is 19.9 Å². The van der Waals surface area contributed by atoms with Gasteiger partial charge in [0, 0.05) is 0 Å². The maximum Gasteiger partial charge on any atom is 0.282 e. The number of para-hydroxylation sites is 4. The molecule has 0 aliphatic carbocycles. The summed E-state index contributed by atoms with van der Waals surface area (Å²) in [6, 6.07) is 14.7. The van der Waals surface area contributed by atoms with Crippen LogP contribution in [0.4, 0.5) is 11.4 Å². The second-order valence-corrected chi connectivity index (χ2v) is 6.77. The summed E-state index contributed by atoms with van der Waals surface area (Å²) in [7, 11) is 0. The number of nitrogens with zero attached hydrogens (tertiary/aromatic N) is 1. The molecule has 1 fully saturated rings. The maximum atomic E-state index is 12.7. The van der Waals surface area contributed by atoms with Crippen molar-refractivity contribution in [1.29, 1.82) is 0 Å². The molecule has 3 N–H and O–H groups in total. The minimum Gasteiger partial charge on any atom is -0.506 e. The van der Waals surface area contributed by atoms with Crippen LogP contribution in [0.1, 0.15) is 13.8 Å². The lowest BCUT2D eigenvalue weighted by molar-refractivity contribution is -0.914. The molecular formula is C21H28N3O3+. The number of piperazine rings is 1. The SMILES string of the molecule is CCOc1ccccc1NC(=O)[C@@H](C)[NH+]1CCN(c2ccccc2O)CC1. The molecule has 2 aromatic rings. The standard InChI is InChI=1S/C21H27N3O3/c1-3-27-20-11-7-4-8-17(20)22-21(26)16(2)23-12-14-24(15-13-23)18-9-5-6-10-19(18)25/h4-11,16,25H,3,12-15H2,1-2H3,(H,22,26)/p+1/t16-/m1/s1. The molecule has 27 heavy (non-hydrogen) atoms. The molecule has 1 aliphatic heterocycles. The van der Waals surface area contributed by atoms with Gasteiger partial charge in [-0.2, -0.15) is 0 Å². The van der Waals surface area contributed by atoms with E-state index in [0.717, 1.165) is 31.9 Å². The summed E-state index contributed by atoms with van der Waals surface area (Å²) in [6.07, 6.45) is 0. The molecular weight excluding hydrogens is 342 g/mol. The first-order chi connectivity index (χ1) is 13.1.